The standard InChI is InChI=1S/C19H24N6/c1-14-12-17(24(2)23-14)13-25-10-8-16(9-11-25)19-20-18(21-22-19)15-6-4-3-5-7-15/h3-7,12,16H,8-11,13H2,1-2H3,(H,20,21,22). The Hall–Kier alpha value is -2.47. The van der Waals surface area contributed by atoms with E-state index in [9.17, 15) is 0 Å². The van der Waals surface area contributed by atoms with Crippen LogP contribution in [0.15, 0.2) is 36.4 Å². The Bertz CT molecular complexity index is 827. The third kappa shape index (κ3) is 3.49. The van der Waals surface area contributed by atoms with E-state index < -0.39 is 0 Å². The fourth-order valence-electron chi connectivity index (χ4n) is 3.58. The molecule has 0 atom stereocenters. The monoisotopic (exact) mass is 336 g/mol. The molecule has 0 amide bonds. The number of H-pyrrole nitrogens is 1. The van der Waals surface area contributed by atoms with E-state index in [4.69, 9.17) is 4.98 Å². The molecular formula is C19H24N6. The Kier molecular flexibility index (Phi) is 4.36. The number of aromatic amines is 1. The van der Waals surface area contributed by atoms with Gasteiger partial charge in [-0.3, -0.25) is 14.7 Å². The lowest BCUT2D eigenvalue weighted by Gasteiger charge is -2.30. The summed E-state index contributed by atoms with van der Waals surface area (Å²) in [5, 5.41) is 12.0. The SMILES string of the molecule is Cc1cc(CN2CCC(c3nc(-c4ccccc4)n[nH]3)CC2)n(C)n1. The van der Waals surface area contributed by atoms with Crippen molar-refractivity contribution in [3.63, 3.8) is 0 Å². The molecule has 6 heteroatoms. The second kappa shape index (κ2) is 6.80. The highest BCUT2D eigenvalue weighted by atomic mass is 15.3. The molecule has 130 valence electrons. The van der Waals surface area contributed by atoms with E-state index in [1.54, 1.807) is 0 Å². The molecule has 0 aliphatic carbocycles. The summed E-state index contributed by atoms with van der Waals surface area (Å²) in [6, 6.07) is 12.3. The first-order chi connectivity index (χ1) is 12.2. The number of hydrogen-bond donors (Lipinski definition) is 1. The van der Waals surface area contributed by atoms with Crippen LogP contribution in [-0.4, -0.2) is 43.0 Å². The van der Waals surface area contributed by atoms with E-state index in [0.717, 1.165) is 55.4 Å². The Morgan fingerprint density at radius 1 is 1.16 bits per heavy atom. The third-order valence-corrected chi connectivity index (χ3v) is 4.99. The van der Waals surface area contributed by atoms with Crippen LogP contribution in [0.3, 0.4) is 0 Å². The van der Waals surface area contributed by atoms with Crippen molar-refractivity contribution < 1.29 is 0 Å². The van der Waals surface area contributed by atoms with Gasteiger partial charge in [0.15, 0.2) is 5.82 Å². The lowest BCUT2D eigenvalue weighted by molar-refractivity contribution is 0.197. The summed E-state index contributed by atoms with van der Waals surface area (Å²) in [6.45, 7) is 5.17. The van der Waals surface area contributed by atoms with Gasteiger partial charge in [0.2, 0.25) is 0 Å². The van der Waals surface area contributed by atoms with E-state index >= 15 is 0 Å². The van der Waals surface area contributed by atoms with Crippen molar-refractivity contribution in [1.82, 2.24) is 29.9 Å². The van der Waals surface area contributed by atoms with Crippen LogP contribution in [0.5, 0.6) is 0 Å². The van der Waals surface area contributed by atoms with E-state index in [0.29, 0.717) is 5.92 Å². The number of benzene rings is 1. The average molecular weight is 336 g/mol. The molecule has 3 aromatic rings. The maximum Gasteiger partial charge on any atom is 0.181 e. The second-order valence-corrected chi connectivity index (χ2v) is 6.86. The molecule has 25 heavy (non-hydrogen) atoms. The summed E-state index contributed by atoms with van der Waals surface area (Å²) < 4.78 is 1.99. The Balaban J connectivity index is 1.37. The molecule has 1 aromatic carbocycles. The van der Waals surface area contributed by atoms with E-state index in [1.807, 2.05) is 49.0 Å². The van der Waals surface area contributed by atoms with Gasteiger partial charge in [-0.25, -0.2) is 4.98 Å². The van der Waals surface area contributed by atoms with Crippen molar-refractivity contribution in [2.75, 3.05) is 13.1 Å². The molecule has 1 fully saturated rings. The lowest BCUT2D eigenvalue weighted by Crippen LogP contribution is -2.33. The second-order valence-electron chi connectivity index (χ2n) is 6.86. The van der Waals surface area contributed by atoms with Crippen molar-refractivity contribution in [2.45, 2.75) is 32.2 Å². The molecule has 1 N–H and O–H groups in total. The summed E-state index contributed by atoms with van der Waals surface area (Å²) in [5.74, 6) is 2.28. The first kappa shape index (κ1) is 16.0. The minimum absolute atomic E-state index is 0.467. The van der Waals surface area contributed by atoms with Crippen LogP contribution in [-0.2, 0) is 13.6 Å². The van der Waals surface area contributed by atoms with E-state index in [2.05, 4.69) is 26.3 Å². The molecule has 0 radical (unpaired) electrons. The quantitative estimate of drug-likeness (QED) is 0.796. The number of piperidine rings is 1. The average Bonchev–Trinajstić information content (AvgIpc) is 3.23. The van der Waals surface area contributed by atoms with Crippen molar-refractivity contribution in [3.05, 3.63) is 53.6 Å². The van der Waals surface area contributed by atoms with Crippen LogP contribution in [0.25, 0.3) is 11.4 Å². The number of aromatic nitrogens is 5. The molecule has 0 bridgehead atoms. The first-order valence-corrected chi connectivity index (χ1v) is 8.88. The van der Waals surface area contributed by atoms with Gasteiger partial charge in [-0.05, 0) is 38.9 Å². The summed E-state index contributed by atoms with van der Waals surface area (Å²) in [7, 11) is 2.02. The highest BCUT2D eigenvalue weighted by Gasteiger charge is 2.24. The summed E-state index contributed by atoms with van der Waals surface area (Å²) in [4.78, 5) is 7.23. The molecule has 2 aromatic heterocycles. The normalized spacial score (nSPS) is 16.4. The maximum absolute atomic E-state index is 4.73. The number of nitrogens with one attached hydrogen (secondary N) is 1. The number of hydrogen-bond acceptors (Lipinski definition) is 4. The van der Waals surface area contributed by atoms with Crippen LogP contribution in [0.1, 0.15) is 36.0 Å². The summed E-state index contributed by atoms with van der Waals surface area (Å²) in [6.07, 6.45) is 2.22. The van der Waals surface area contributed by atoms with Gasteiger partial charge in [0.25, 0.3) is 0 Å². The van der Waals surface area contributed by atoms with E-state index in [-0.39, 0.29) is 0 Å². The van der Waals surface area contributed by atoms with Crippen LogP contribution in [0, 0.1) is 6.92 Å². The van der Waals surface area contributed by atoms with Crippen LogP contribution < -0.4 is 0 Å². The smallest absolute Gasteiger partial charge is 0.181 e. The zero-order chi connectivity index (χ0) is 17.2. The zero-order valence-electron chi connectivity index (χ0n) is 14.8. The minimum atomic E-state index is 0.467. The van der Waals surface area contributed by atoms with Gasteiger partial charge in [-0.15, -0.1) is 0 Å². The Morgan fingerprint density at radius 3 is 2.60 bits per heavy atom. The molecule has 3 heterocycles. The van der Waals surface area contributed by atoms with Gasteiger partial charge in [-0.1, -0.05) is 30.3 Å². The van der Waals surface area contributed by atoms with Crippen molar-refractivity contribution >= 4 is 0 Å². The maximum atomic E-state index is 4.73. The van der Waals surface area contributed by atoms with Gasteiger partial charge >= 0.3 is 0 Å². The molecular weight excluding hydrogens is 312 g/mol. The topological polar surface area (TPSA) is 62.6 Å². The largest absolute Gasteiger partial charge is 0.297 e. The van der Waals surface area contributed by atoms with Crippen LogP contribution >= 0.6 is 0 Å². The molecule has 6 nitrogen and oxygen atoms in total. The molecule has 1 saturated heterocycles. The van der Waals surface area contributed by atoms with Gasteiger partial charge in [0.1, 0.15) is 5.82 Å². The third-order valence-electron chi connectivity index (χ3n) is 4.99. The first-order valence-electron chi connectivity index (χ1n) is 8.88. The predicted molar refractivity (Wildman–Crippen MR) is 97.0 cm³/mol. The molecule has 1 aliphatic rings. The molecule has 0 spiro atoms. The summed E-state index contributed by atoms with van der Waals surface area (Å²) in [5.41, 5.74) is 3.43. The summed E-state index contributed by atoms with van der Waals surface area (Å²) >= 11 is 0. The van der Waals surface area contributed by atoms with Gasteiger partial charge < -0.3 is 0 Å². The fourth-order valence-corrected chi connectivity index (χ4v) is 3.58. The Labute approximate surface area is 147 Å². The number of likely N-dealkylation sites (tertiary alicyclic amines) is 1. The number of rotatable bonds is 4. The number of nitrogens with zero attached hydrogens (tertiary/aromatic N) is 5. The molecule has 0 saturated carbocycles. The zero-order valence-corrected chi connectivity index (χ0v) is 14.8. The molecule has 4 rings (SSSR count). The predicted octanol–water partition coefficient (Wildman–Crippen LogP) is 2.89. The van der Waals surface area contributed by atoms with Crippen molar-refractivity contribution in [1.29, 1.82) is 0 Å². The molecule has 1 aliphatic heterocycles. The van der Waals surface area contributed by atoms with Crippen LogP contribution in [0.2, 0.25) is 0 Å². The fraction of sp³-hybridized carbons (Fsp3) is 0.421. The van der Waals surface area contributed by atoms with Gasteiger partial charge in [0.05, 0.1) is 11.4 Å². The molecule has 0 unspecified atom stereocenters. The van der Waals surface area contributed by atoms with Crippen molar-refractivity contribution in [3.8, 4) is 11.4 Å². The Morgan fingerprint density at radius 2 is 1.92 bits per heavy atom. The van der Waals surface area contributed by atoms with E-state index in [1.165, 1.54) is 5.69 Å². The van der Waals surface area contributed by atoms with Crippen LogP contribution in [0.4, 0.5) is 0 Å². The highest BCUT2D eigenvalue weighted by Crippen LogP contribution is 2.27. The minimum Gasteiger partial charge on any atom is -0.297 e. The lowest BCUT2D eigenvalue weighted by atomic mass is 9.96. The van der Waals surface area contributed by atoms with Crippen molar-refractivity contribution in [2.24, 2.45) is 7.05 Å². The van der Waals surface area contributed by atoms with Gasteiger partial charge in [-0.2, -0.15) is 10.2 Å². The van der Waals surface area contributed by atoms with Gasteiger partial charge in [0, 0.05) is 25.1 Å². The number of aryl methyl sites for hydroxylation is 2. The highest BCUT2D eigenvalue weighted by molar-refractivity contribution is 5.53.